The summed E-state index contributed by atoms with van der Waals surface area (Å²) in [7, 11) is -2.36. The van der Waals surface area contributed by atoms with E-state index in [1.807, 2.05) is 13.0 Å². The largest absolute Gasteiger partial charge is 0.491 e. The van der Waals surface area contributed by atoms with Gasteiger partial charge in [-0.15, -0.1) is 0 Å². The molecule has 0 aliphatic heterocycles. The van der Waals surface area contributed by atoms with E-state index in [0.717, 1.165) is 36.6 Å². The van der Waals surface area contributed by atoms with E-state index in [2.05, 4.69) is 40.7 Å². The van der Waals surface area contributed by atoms with Crippen molar-refractivity contribution in [2.24, 2.45) is 0 Å². The van der Waals surface area contributed by atoms with Crippen molar-refractivity contribution in [1.82, 2.24) is 0 Å². The van der Waals surface area contributed by atoms with E-state index >= 15 is 0 Å². The van der Waals surface area contributed by atoms with Crippen LogP contribution in [0.1, 0.15) is 48.4 Å². The molecule has 2 rings (SSSR count). The van der Waals surface area contributed by atoms with Crippen LogP contribution in [0.4, 0.5) is 5.69 Å². The minimum atomic E-state index is -3.50. The molecule has 1 amide bonds. The molecule has 8 heteroatoms. The first-order valence-corrected chi connectivity index (χ1v) is 12.2. The van der Waals surface area contributed by atoms with E-state index in [1.165, 1.54) is 5.56 Å². The normalized spacial score (nSPS) is 11.2. The third-order valence-corrected chi connectivity index (χ3v) is 6.36. The van der Waals surface area contributed by atoms with E-state index in [1.54, 1.807) is 6.07 Å². The number of aldehydes is 1. The molecule has 0 saturated carbocycles. The Morgan fingerprint density at radius 3 is 2.41 bits per heavy atom. The van der Waals surface area contributed by atoms with Crippen LogP contribution in [0.2, 0.25) is 0 Å². The summed E-state index contributed by atoms with van der Waals surface area (Å²) >= 11 is 0. The van der Waals surface area contributed by atoms with Crippen LogP contribution in [0.3, 0.4) is 0 Å². The summed E-state index contributed by atoms with van der Waals surface area (Å²) in [5.74, 6) is -0.410. The number of ether oxygens (including phenoxy) is 1. The fourth-order valence-corrected chi connectivity index (χ4v) is 4.00. The van der Waals surface area contributed by atoms with Crippen LogP contribution in [-0.4, -0.2) is 40.1 Å². The molecule has 7 nitrogen and oxygen atoms in total. The molecule has 0 fully saturated rings. The standard InChI is InChI=1S/C24H31NO6S/c1-4-7-19-8-10-20(11-9-19)15-21-16-23(22(14-18(21)2)25-24(27)17-26)31-12-5-6-13-32(28,29)30-3/h8-11,14,16-17H,4-7,12-13,15H2,1-3H3,(H,25,27). The zero-order valence-corrected chi connectivity index (χ0v) is 19.7. The summed E-state index contributed by atoms with van der Waals surface area (Å²) in [5, 5.41) is 2.54. The lowest BCUT2D eigenvalue weighted by molar-refractivity contribution is -0.127. The Labute approximate surface area is 190 Å². The Hall–Kier alpha value is -2.71. The third kappa shape index (κ3) is 8.09. The molecule has 0 spiro atoms. The van der Waals surface area contributed by atoms with Crippen molar-refractivity contribution >= 4 is 28.0 Å². The molecule has 0 atom stereocenters. The predicted octanol–water partition coefficient (Wildman–Crippen LogP) is 3.81. The van der Waals surface area contributed by atoms with Crippen LogP contribution in [0.5, 0.6) is 5.75 Å². The fraction of sp³-hybridized carbons (Fsp3) is 0.417. The van der Waals surface area contributed by atoms with Gasteiger partial charge in [-0.1, -0.05) is 37.6 Å². The van der Waals surface area contributed by atoms with Gasteiger partial charge in [-0.3, -0.25) is 13.8 Å². The highest BCUT2D eigenvalue weighted by atomic mass is 32.2. The molecule has 0 saturated heterocycles. The number of rotatable bonds is 13. The summed E-state index contributed by atoms with van der Waals surface area (Å²) < 4.78 is 33.1. The highest BCUT2D eigenvalue weighted by Gasteiger charge is 2.13. The van der Waals surface area contributed by atoms with Crippen LogP contribution < -0.4 is 10.1 Å². The van der Waals surface area contributed by atoms with Crippen molar-refractivity contribution < 1.29 is 26.9 Å². The Kier molecular flexibility index (Phi) is 9.87. The van der Waals surface area contributed by atoms with Crippen LogP contribution in [-0.2, 0) is 36.7 Å². The van der Waals surface area contributed by atoms with Crippen LogP contribution in [0.15, 0.2) is 36.4 Å². The van der Waals surface area contributed by atoms with Gasteiger partial charge in [-0.05, 0) is 67.0 Å². The van der Waals surface area contributed by atoms with Gasteiger partial charge in [0.25, 0.3) is 16.0 Å². The number of hydrogen-bond acceptors (Lipinski definition) is 6. The maximum absolute atomic E-state index is 11.6. The van der Waals surface area contributed by atoms with Gasteiger partial charge in [0, 0.05) is 0 Å². The highest BCUT2D eigenvalue weighted by molar-refractivity contribution is 7.86. The molecule has 0 heterocycles. The molecule has 0 radical (unpaired) electrons. The second-order valence-corrected chi connectivity index (χ2v) is 9.47. The number of aryl methyl sites for hydroxylation is 2. The van der Waals surface area contributed by atoms with E-state index in [0.29, 0.717) is 30.7 Å². The van der Waals surface area contributed by atoms with Crippen molar-refractivity contribution in [2.75, 3.05) is 24.8 Å². The average Bonchev–Trinajstić information content (AvgIpc) is 2.77. The van der Waals surface area contributed by atoms with Crippen LogP contribution in [0.25, 0.3) is 0 Å². The average molecular weight is 462 g/mol. The predicted molar refractivity (Wildman–Crippen MR) is 125 cm³/mol. The number of hydrogen-bond donors (Lipinski definition) is 1. The van der Waals surface area contributed by atoms with Gasteiger partial charge in [0.15, 0.2) is 0 Å². The van der Waals surface area contributed by atoms with Crippen molar-refractivity contribution in [3.05, 3.63) is 58.7 Å². The molecule has 2 aromatic carbocycles. The Balaban J connectivity index is 2.15. The molecule has 174 valence electrons. The maximum Gasteiger partial charge on any atom is 0.288 e. The van der Waals surface area contributed by atoms with Crippen molar-refractivity contribution in [3.8, 4) is 5.75 Å². The van der Waals surface area contributed by atoms with E-state index in [9.17, 15) is 18.0 Å². The third-order valence-electron chi connectivity index (χ3n) is 5.06. The fourth-order valence-electron chi connectivity index (χ4n) is 3.28. The molecule has 1 N–H and O–H groups in total. The van der Waals surface area contributed by atoms with E-state index < -0.39 is 16.0 Å². The van der Waals surface area contributed by atoms with Gasteiger partial charge < -0.3 is 10.1 Å². The summed E-state index contributed by atoms with van der Waals surface area (Å²) in [5.41, 5.74) is 4.87. The lowest BCUT2D eigenvalue weighted by Gasteiger charge is -2.16. The number of carbonyl (C=O) groups is 2. The highest BCUT2D eigenvalue weighted by Crippen LogP contribution is 2.30. The molecular formula is C24H31NO6S. The second kappa shape index (κ2) is 12.4. The molecule has 32 heavy (non-hydrogen) atoms. The first-order chi connectivity index (χ1) is 15.3. The van der Waals surface area contributed by atoms with Gasteiger partial charge in [0.1, 0.15) is 5.75 Å². The lowest BCUT2D eigenvalue weighted by Crippen LogP contribution is -2.14. The monoisotopic (exact) mass is 461 g/mol. The minimum Gasteiger partial charge on any atom is -0.491 e. The summed E-state index contributed by atoms with van der Waals surface area (Å²) in [6.07, 6.45) is 3.93. The molecule has 2 aromatic rings. The number of carbonyl (C=O) groups excluding carboxylic acids is 2. The Morgan fingerprint density at radius 2 is 1.78 bits per heavy atom. The summed E-state index contributed by atoms with van der Waals surface area (Å²) in [6.45, 7) is 4.36. The molecule has 0 unspecified atom stereocenters. The van der Waals surface area contributed by atoms with E-state index in [4.69, 9.17) is 4.74 Å². The van der Waals surface area contributed by atoms with Gasteiger partial charge in [0.05, 0.1) is 25.2 Å². The second-order valence-electron chi connectivity index (χ2n) is 7.61. The zero-order chi connectivity index (χ0) is 23.6. The Bertz CT molecular complexity index is 1020. The van der Waals surface area contributed by atoms with Gasteiger partial charge >= 0.3 is 0 Å². The number of benzene rings is 2. The van der Waals surface area contributed by atoms with E-state index in [-0.39, 0.29) is 18.6 Å². The number of anilines is 1. The zero-order valence-electron chi connectivity index (χ0n) is 18.8. The molecule has 0 aliphatic rings. The summed E-state index contributed by atoms with van der Waals surface area (Å²) in [4.78, 5) is 22.4. The van der Waals surface area contributed by atoms with Gasteiger partial charge in [-0.2, -0.15) is 8.42 Å². The first kappa shape index (κ1) is 25.5. The smallest absolute Gasteiger partial charge is 0.288 e. The summed E-state index contributed by atoms with van der Waals surface area (Å²) in [6, 6.07) is 12.2. The molecule has 0 aliphatic carbocycles. The van der Waals surface area contributed by atoms with Gasteiger partial charge in [0.2, 0.25) is 6.29 Å². The number of unbranched alkanes of at least 4 members (excludes halogenated alkanes) is 1. The number of amides is 1. The molecule has 0 aromatic heterocycles. The first-order valence-electron chi connectivity index (χ1n) is 10.7. The Morgan fingerprint density at radius 1 is 1.09 bits per heavy atom. The molecule has 0 bridgehead atoms. The van der Waals surface area contributed by atoms with Crippen LogP contribution in [0, 0.1) is 6.92 Å². The van der Waals surface area contributed by atoms with Crippen LogP contribution >= 0.6 is 0 Å². The minimum absolute atomic E-state index is 0.0885. The SMILES string of the molecule is CCCc1ccc(Cc2cc(OCCCCS(=O)(=O)OC)c(NC(=O)C=O)cc2C)cc1. The van der Waals surface area contributed by atoms with Gasteiger partial charge in [-0.25, -0.2) is 0 Å². The van der Waals surface area contributed by atoms with Crippen molar-refractivity contribution in [1.29, 1.82) is 0 Å². The van der Waals surface area contributed by atoms with Crippen molar-refractivity contribution in [2.45, 2.75) is 46.0 Å². The quantitative estimate of drug-likeness (QED) is 0.211. The van der Waals surface area contributed by atoms with Crippen molar-refractivity contribution in [3.63, 3.8) is 0 Å². The topological polar surface area (TPSA) is 98.8 Å². The molecular weight excluding hydrogens is 430 g/mol. The lowest BCUT2D eigenvalue weighted by atomic mass is 9.98. The maximum atomic E-state index is 11.6. The number of nitrogens with one attached hydrogen (secondary N) is 1.